The lowest BCUT2D eigenvalue weighted by Crippen LogP contribution is -2.18. The van der Waals surface area contributed by atoms with Crippen molar-refractivity contribution in [3.8, 4) is 22.6 Å². The first-order valence-corrected chi connectivity index (χ1v) is 11.6. The Balaban J connectivity index is 1.30. The number of non-ortho nitro benzene ring substituents is 1. The SMILES string of the molecule is Cc1ccc(-c2ccccc2)n1-c1ccc(C(=O)N/N=C/c2cccn2-c2cccc([N+](=O)[O-])c2)cc1. The number of nitro groups is 1. The number of hydrogen-bond donors (Lipinski definition) is 1. The average Bonchev–Trinajstić information content (AvgIpc) is 3.56. The molecule has 8 heteroatoms. The third kappa shape index (κ3) is 4.94. The summed E-state index contributed by atoms with van der Waals surface area (Å²) >= 11 is 0. The number of benzene rings is 3. The van der Waals surface area contributed by atoms with Crippen LogP contribution in [0.1, 0.15) is 21.7 Å². The van der Waals surface area contributed by atoms with Gasteiger partial charge in [0.2, 0.25) is 0 Å². The second-order valence-electron chi connectivity index (χ2n) is 8.39. The molecule has 0 saturated carbocycles. The molecule has 2 aromatic heterocycles. The molecular formula is C29H23N5O3. The lowest BCUT2D eigenvalue weighted by atomic mass is 10.1. The highest BCUT2D eigenvalue weighted by molar-refractivity contribution is 5.95. The Labute approximate surface area is 213 Å². The van der Waals surface area contributed by atoms with E-state index in [0.29, 0.717) is 16.9 Å². The minimum absolute atomic E-state index is 0.00293. The van der Waals surface area contributed by atoms with Crippen LogP contribution in [0.15, 0.2) is 114 Å². The van der Waals surface area contributed by atoms with Crippen LogP contribution >= 0.6 is 0 Å². The van der Waals surface area contributed by atoms with Crippen LogP contribution in [-0.2, 0) is 0 Å². The summed E-state index contributed by atoms with van der Waals surface area (Å²) in [7, 11) is 0. The highest BCUT2D eigenvalue weighted by Crippen LogP contribution is 2.26. The maximum Gasteiger partial charge on any atom is 0.271 e. The van der Waals surface area contributed by atoms with Gasteiger partial charge in [-0.15, -0.1) is 0 Å². The maximum atomic E-state index is 12.7. The molecular weight excluding hydrogens is 466 g/mol. The normalized spacial score (nSPS) is 11.1. The van der Waals surface area contributed by atoms with Crippen molar-refractivity contribution in [2.24, 2.45) is 5.10 Å². The summed E-state index contributed by atoms with van der Waals surface area (Å²) in [6.07, 6.45) is 3.27. The average molecular weight is 490 g/mol. The van der Waals surface area contributed by atoms with Crippen molar-refractivity contribution in [3.05, 3.63) is 136 Å². The number of hydrogen-bond acceptors (Lipinski definition) is 4. The summed E-state index contributed by atoms with van der Waals surface area (Å²) in [5.74, 6) is -0.344. The van der Waals surface area contributed by atoms with Gasteiger partial charge in [0.05, 0.1) is 28.2 Å². The van der Waals surface area contributed by atoms with Gasteiger partial charge in [0.1, 0.15) is 0 Å². The number of aryl methyl sites for hydroxylation is 1. The third-order valence-corrected chi connectivity index (χ3v) is 6.00. The van der Waals surface area contributed by atoms with E-state index >= 15 is 0 Å². The number of nitrogens with one attached hydrogen (secondary N) is 1. The van der Waals surface area contributed by atoms with Crippen LogP contribution in [0, 0.1) is 17.0 Å². The summed E-state index contributed by atoms with van der Waals surface area (Å²) in [6.45, 7) is 2.05. The molecule has 0 aliphatic rings. The molecule has 5 rings (SSSR count). The summed E-state index contributed by atoms with van der Waals surface area (Å²) < 4.78 is 3.90. The fraction of sp³-hybridized carbons (Fsp3) is 0.0345. The highest BCUT2D eigenvalue weighted by atomic mass is 16.6. The molecule has 0 unspecified atom stereocenters. The molecule has 1 amide bonds. The van der Waals surface area contributed by atoms with Crippen LogP contribution in [0.4, 0.5) is 5.69 Å². The van der Waals surface area contributed by atoms with Crippen molar-refractivity contribution >= 4 is 17.8 Å². The molecule has 8 nitrogen and oxygen atoms in total. The first-order chi connectivity index (χ1) is 18.0. The fourth-order valence-corrected chi connectivity index (χ4v) is 4.19. The van der Waals surface area contributed by atoms with Crippen LogP contribution in [0.25, 0.3) is 22.6 Å². The summed E-state index contributed by atoms with van der Waals surface area (Å²) in [6, 6.07) is 31.6. The van der Waals surface area contributed by atoms with Crippen LogP contribution < -0.4 is 5.43 Å². The Bertz CT molecular complexity index is 1600. The summed E-state index contributed by atoms with van der Waals surface area (Å²) in [5, 5.41) is 15.2. The predicted molar refractivity (Wildman–Crippen MR) is 143 cm³/mol. The van der Waals surface area contributed by atoms with Crippen molar-refractivity contribution in [1.82, 2.24) is 14.6 Å². The molecule has 0 fully saturated rings. The van der Waals surface area contributed by atoms with Crippen molar-refractivity contribution in [3.63, 3.8) is 0 Å². The number of nitrogens with zero attached hydrogens (tertiary/aromatic N) is 4. The van der Waals surface area contributed by atoms with E-state index in [2.05, 4.69) is 39.4 Å². The molecule has 37 heavy (non-hydrogen) atoms. The number of amides is 1. The molecule has 182 valence electrons. The fourth-order valence-electron chi connectivity index (χ4n) is 4.19. The van der Waals surface area contributed by atoms with E-state index in [1.165, 1.54) is 18.3 Å². The van der Waals surface area contributed by atoms with Crippen molar-refractivity contribution < 1.29 is 9.72 Å². The second kappa shape index (κ2) is 10.2. The van der Waals surface area contributed by atoms with Crippen LogP contribution in [0.3, 0.4) is 0 Å². The van der Waals surface area contributed by atoms with Gasteiger partial charge in [-0.3, -0.25) is 14.9 Å². The minimum atomic E-state index is -0.438. The maximum absolute atomic E-state index is 12.7. The monoisotopic (exact) mass is 489 g/mol. The molecule has 0 aliphatic carbocycles. The zero-order valence-electron chi connectivity index (χ0n) is 20.0. The van der Waals surface area contributed by atoms with Crippen LogP contribution in [0.2, 0.25) is 0 Å². The lowest BCUT2D eigenvalue weighted by Gasteiger charge is -2.12. The van der Waals surface area contributed by atoms with Gasteiger partial charge in [-0.05, 0) is 67.1 Å². The number of carbonyl (C=O) groups is 1. The molecule has 0 spiro atoms. The van der Waals surface area contributed by atoms with Gasteiger partial charge in [0.15, 0.2) is 0 Å². The summed E-state index contributed by atoms with van der Waals surface area (Å²) in [5.41, 5.74) is 8.54. The number of carbonyl (C=O) groups excluding carboxylic acids is 1. The Morgan fingerprint density at radius 2 is 1.68 bits per heavy atom. The molecule has 2 heterocycles. The molecule has 0 saturated heterocycles. The molecule has 0 aliphatic heterocycles. The van der Waals surface area contributed by atoms with Gasteiger partial charge in [-0.2, -0.15) is 5.10 Å². The van der Waals surface area contributed by atoms with Crippen molar-refractivity contribution in [1.29, 1.82) is 0 Å². The van der Waals surface area contributed by atoms with E-state index < -0.39 is 4.92 Å². The molecule has 5 aromatic rings. The molecule has 0 radical (unpaired) electrons. The molecule has 0 bridgehead atoms. The topological polar surface area (TPSA) is 94.5 Å². The minimum Gasteiger partial charge on any atom is -0.315 e. The Hall–Kier alpha value is -5.24. The number of aromatic nitrogens is 2. The van der Waals surface area contributed by atoms with Gasteiger partial charge >= 0.3 is 0 Å². The van der Waals surface area contributed by atoms with Gasteiger partial charge in [0.25, 0.3) is 11.6 Å². The van der Waals surface area contributed by atoms with Gasteiger partial charge in [-0.1, -0.05) is 36.4 Å². The molecule has 1 N–H and O–H groups in total. The second-order valence-corrected chi connectivity index (χ2v) is 8.39. The largest absolute Gasteiger partial charge is 0.315 e. The molecule has 0 atom stereocenters. The van der Waals surface area contributed by atoms with Gasteiger partial charge < -0.3 is 9.13 Å². The highest BCUT2D eigenvalue weighted by Gasteiger charge is 2.11. The first-order valence-electron chi connectivity index (χ1n) is 11.6. The van der Waals surface area contributed by atoms with Crippen LogP contribution in [-0.4, -0.2) is 26.2 Å². The number of rotatable bonds is 7. The third-order valence-electron chi connectivity index (χ3n) is 6.00. The quantitative estimate of drug-likeness (QED) is 0.175. The van der Waals surface area contributed by atoms with Gasteiger partial charge in [0, 0.05) is 35.3 Å². The standard InChI is InChI=1S/C29H23N5O3/c1-21-12-17-28(22-7-3-2-4-8-22)33(21)24-15-13-23(14-16-24)29(35)31-30-20-27-11-6-18-32(27)25-9-5-10-26(19-25)34(36)37/h2-20H,1H3,(H,31,35)/b30-20+. The van der Waals surface area contributed by atoms with E-state index in [9.17, 15) is 14.9 Å². The number of nitro benzene ring substituents is 1. The Morgan fingerprint density at radius 1 is 0.892 bits per heavy atom. The van der Waals surface area contributed by atoms with Gasteiger partial charge in [-0.25, -0.2) is 5.43 Å². The Kier molecular flexibility index (Phi) is 6.46. The predicted octanol–water partition coefficient (Wildman–Crippen LogP) is 5.92. The van der Waals surface area contributed by atoms with Crippen LogP contribution in [0.5, 0.6) is 0 Å². The molecule has 3 aromatic carbocycles. The van der Waals surface area contributed by atoms with E-state index in [0.717, 1.165) is 22.6 Å². The Morgan fingerprint density at radius 3 is 2.43 bits per heavy atom. The summed E-state index contributed by atoms with van der Waals surface area (Å²) in [4.78, 5) is 23.3. The zero-order valence-corrected chi connectivity index (χ0v) is 20.0. The lowest BCUT2D eigenvalue weighted by molar-refractivity contribution is -0.384. The first kappa shape index (κ1) is 23.5. The smallest absolute Gasteiger partial charge is 0.271 e. The number of hydrazone groups is 1. The van der Waals surface area contributed by atoms with Crippen molar-refractivity contribution in [2.45, 2.75) is 6.92 Å². The van der Waals surface area contributed by atoms with Crippen molar-refractivity contribution in [2.75, 3.05) is 0 Å². The van der Waals surface area contributed by atoms with E-state index in [4.69, 9.17) is 0 Å². The van der Waals surface area contributed by atoms with E-state index in [1.54, 1.807) is 47.2 Å². The van der Waals surface area contributed by atoms with E-state index in [1.807, 2.05) is 37.3 Å². The van der Waals surface area contributed by atoms with E-state index in [-0.39, 0.29) is 11.6 Å². The zero-order chi connectivity index (χ0) is 25.8.